The topological polar surface area (TPSA) is 312 Å². The fourth-order valence-electron chi connectivity index (χ4n) is 5.46. The number of fused-ring (bicyclic) bond motifs is 2. The fraction of sp³-hybridized carbons (Fsp3) is 0.0588. The molecule has 0 saturated heterocycles. The number of rotatable bonds is 10. The molecule has 19 nitrogen and oxygen atoms in total. The number of phenols is 1. The number of hydrogen-bond donors (Lipinski definition) is 5. The van der Waals surface area contributed by atoms with Gasteiger partial charge in [0.2, 0.25) is 0 Å². The van der Waals surface area contributed by atoms with E-state index in [0.29, 0.717) is 34.3 Å². The minimum atomic E-state index is -5.00. The summed E-state index contributed by atoms with van der Waals surface area (Å²) < 4.78 is 133. The Hall–Kier alpha value is -1.92. The molecule has 0 bridgehead atoms. The van der Waals surface area contributed by atoms with Crippen molar-refractivity contribution in [2.75, 3.05) is 0 Å². The van der Waals surface area contributed by atoms with E-state index in [1.54, 1.807) is 44.2 Å². The SMILES string of the molecule is Cc1cc(N=Nc2ccc(N=Nc3c(O)c(S(=O)(=O)O)cc4cc(S(=O)(=O)O)ccc34)cc2C)ccc1N=Nc1ccc2cc(S(=O)(=O)O)cc(S(=O)(=O)O)c2c1.[Na].[Na].[Na].[Na]. The Balaban J connectivity index is 0.00000320. The predicted molar refractivity (Wildman–Crippen MR) is 227 cm³/mol. The molecule has 6 aromatic carbocycles. The predicted octanol–water partition coefficient (Wildman–Crippen LogP) is 7.03. The molecular weight excluding hydrogens is 921 g/mol. The molecule has 0 aliphatic heterocycles. The number of azo groups is 3. The summed E-state index contributed by atoms with van der Waals surface area (Å²) in [6.45, 7) is 3.43. The van der Waals surface area contributed by atoms with Crippen molar-refractivity contribution in [1.82, 2.24) is 0 Å². The molecule has 0 fully saturated rings. The molecule has 0 aromatic heterocycles. The van der Waals surface area contributed by atoms with E-state index in [0.717, 1.165) is 24.3 Å². The van der Waals surface area contributed by atoms with E-state index in [2.05, 4.69) is 30.7 Å². The maximum absolute atomic E-state index is 12.0. The van der Waals surface area contributed by atoms with E-state index in [4.69, 9.17) is 0 Å². The van der Waals surface area contributed by atoms with E-state index in [1.807, 2.05) is 0 Å². The van der Waals surface area contributed by atoms with Crippen molar-refractivity contribution < 1.29 is 57.0 Å². The number of benzene rings is 6. The van der Waals surface area contributed by atoms with Crippen molar-refractivity contribution in [3.63, 3.8) is 0 Å². The first-order chi connectivity index (χ1) is 26.5. The minimum Gasteiger partial charge on any atom is -0.504 e. The van der Waals surface area contributed by atoms with Crippen LogP contribution < -0.4 is 0 Å². The van der Waals surface area contributed by atoms with Gasteiger partial charge in [-0.15, -0.1) is 5.11 Å². The molecule has 0 unspecified atom stereocenters. The molecule has 298 valence electrons. The third kappa shape index (κ3) is 13.3. The standard InChI is InChI=1S/C34H26N6O13S4.4Na/c1-18-11-22(5-9-30(18)39-36-24-4-3-20-13-26(55(45,46)47)17-31(28(20)16-24)56(48,49)50)35-38-29-10-6-23(12-19(29)2)37-40-33-27-8-7-25(54(42,43)44)14-21(27)15-32(34(33)41)57(51,52)53;;;;/h3-17,41H,1-2H3,(H,42,43,44)(H,45,46,47)(H,48,49,50)(H,51,52,53);;;;. The van der Waals surface area contributed by atoms with Gasteiger partial charge in [-0.25, -0.2) is 0 Å². The first kappa shape index (κ1) is 55.2. The average Bonchev–Trinajstić information content (AvgIpc) is 3.11. The third-order valence-electron chi connectivity index (χ3n) is 8.22. The van der Waals surface area contributed by atoms with E-state index >= 15 is 0 Å². The Bertz CT molecular complexity index is 3250. The van der Waals surface area contributed by atoms with Crippen LogP contribution in [0.1, 0.15) is 11.1 Å². The van der Waals surface area contributed by atoms with Gasteiger partial charge in [0.05, 0.1) is 38.2 Å². The molecule has 6 rings (SSSR count). The van der Waals surface area contributed by atoms with Gasteiger partial charge in [0.1, 0.15) is 15.5 Å². The summed E-state index contributed by atoms with van der Waals surface area (Å²) in [7, 11) is -19.3. The summed E-state index contributed by atoms with van der Waals surface area (Å²) >= 11 is 0. The molecule has 0 aliphatic rings. The van der Waals surface area contributed by atoms with Crippen molar-refractivity contribution in [1.29, 1.82) is 0 Å². The molecule has 5 N–H and O–H groups in total. The molecule has 0 aliphatic carbocycles. The van der Waals surface area contributed by atoms with E-state index in [-0.39, 0.29) is 151 Å². The zero-order valence-electron chi connectivity index (χ0n) is 33.0. The largest absolute Gasteiger partial charge is 0.504 e. The monoisotopic (exact) mass is 946 g/mol. The molecule has 61 heavy (non-hydrogen) atoms. The summed E-state index contributed by atoms with van der Waals surface area (Å²) in [5.41, 5.74) is 2.49. The minimum absolute atomic E-state index is 0. The second-order valence-corrected chi connectivity index (χ2v) is 17.8. The summed E-state index contributed by atoms with van der Waals surface area (Å²) in [6, 6.07) is 19.2. The molecule has 0 amide bonds. The van der Waals surface area contributed by atoms with Gasteiger partial charge < -0.3 is 5.11 Å². The van der Waals surface area contributed by atoms with Gasteiger partial charge in [0.15, 0.2) is 5.75 Å². The van der Waals surface area contributed by atoms with Crippen LogP contribution in [0.3, 0.4) is 0 Å². The maximum Gasteiger partial charge on any atom is 0.298 e. The normalized spacial score (nSPS) is 12.3. The van der Waals surface area contributed by atoms with Crippen molar-refractivity contribution in [2.45, 2.75) is 33.4 Å². The van der Waals surface area contributed by atoms with Crippen LogP contribution in [0.25, 0.3) is 21.5 Å². The molecule has 0 atom stereocenters. The van der Waals surface area contributed by atoms with Crippen LogP contribution in [0.4, 0.5) is 34.1 Å². The summed E-state index contributed by atoms with van der Waals surface area (Å²) in [6.07, 6.45) is 0. The van der Waals surface area contributed by atoms with Crippen LogP contribution in [0.5, 0.6) is 5.75 Å². The summed E-state index contributed by atoms with van der Waals surface area (Å²) in [5, 5.41) is 35.6. The maximum atomic E-state index is 12.0. The van der Waals surface area contributed by atoms with Crippen LogP contribution in [0, 0.1) is 13.8 Å². The Morgan fingerprint density at radius 3 is 1.34 bits per heavy atom. The van der Waals surface area contributed by atoms with Crippen molar-refractivity contribution in [3.8, 4) is 5.75 Å². The molecule has 0 spiro atoms. The smallest absolute Gasteiger partial charge is 0.298 e. The van der Waals surface area contributed by atoms with Gasteiger partial charge in [0.25, 0.3) is 40.5 Å². The zero-order chi connectivity index (χ0) is 41.7. The number of aromatic hydroxyl groups is 1. The fourth-order valence-corrected chi connectivity index (χ4v) is 7.94. The van der Waals surface area contributed by atoms with Crippen LogP contribution >= 0.6 is 0 Å². The van der Waals surface area contributed by atoms with Crippen molar-refractivity contribution >= 4 is 214 Å². The average molecular weight is 947 g/mol. The second kappa shape index (κ2) is 21.4. The molecule has 4 radical (unpaired) electrons. The number of aryl methyl sites for hydroxylation is 2. The zero-order valence-corrected chi connectivity index (χ0v) is 44.2. The van der Waals surface area contributed by atoms with Crippen LogP contribution in [-0.2, 0) is 40.5 Å². The Labute approximate surface area is 437 Å². The summed E-state index contributed by atoms with van der Waals surface area (Å²) in [4.78, 5) is -2.99. The van der Waals surface area contributed by atoms with Gasteiger partial charge in [-0.1, -0.05) is 12.1 Å². The molecular formula is C34H26N6Na4O13S4. The molecule has 6 aromatic rings. The molecule has 0 saturated carbocycles. The second-order valence-electron chi connectivity index (χ2n) is 12.2. The Kier molecular flexibility index (Phi) is 19.4. The van der Waals surface area contributed by atoms with Crippen molar-refractivity contribution in [2.24, 2.45) is 30.7 Å². The van der Waals surface area contributed by atoms with Gasteiger partial charge in [0, 0.05) is 129 Å². The molecule has 27 heteroatoms. The van der Waals surface area contributed by atoms with Gasteiger partial charge in [-0.2, -0.15) is 59.2 Å². The van der Waals surface area contributed by atoms with Gasteiger partial charge >= 0.3 is 0 Å². The van der Waals surface area contributed by atoms with Gasteiger partial charge in [-0.05, 0) is 115 Å². The Morgan fingerprint density at radius 2 is 0.869 bits per heavy atom. The third-order valence-corrected chi connectivity index (χ3v) is 11.7. The van der Waals surface area contributed by atoms with Crippen LogP contribution in [-0.4, -0.2) is 175 Å². The Morgan fingerprint density at radius 1 is 0.410 bits per heavy atom. The number of nitrogens with zero attached hydrogens (tertiary/aromatic N) is 6. The quantitative estimate of drug-likeness (QED) is 0.0524. The van der Waals surface area contributed by atoms with E-state index in [9.17, 15) is 57.0 Å². The number of phenolic OH excluding ortho intramolecular Hbond substituents is 1. The van der Waals surface area contributed by atoms with E-state index in [1.165, 1.54) is 30.3 Å². The van der Waals surface area contributed by atoms with Crippen molar-refractivity contribution in [3.05, 3.63) is 102 Å². The first-order valence-electron chi connectivity index (χ1n) is 15.7. The summed E-state index contributed by atoms with van der Waals surface area (Å²) in [5.74, 6) is -0.944. The van der Waals surface area contributed by atoms with Gasteiger partial charge in [-0.3, -0.25) is 18.2 Å². The van der Waals surface area contributed by atoms with E-state index < -0.39 is 71.5 Å². The number of hydrogen-bond acceptors (Lipinski definition) is 15. The van der Waals surface area contributed by atoms with Crippen LogP contribution in [0.15, 0.2) is 141 Å². The van der Waals surface area contributed by atoms with Crippen LogP contribution in [0.2, 0.25) is 0 Å². The first-order valence-corrected chi connectivity index (χ1v) is 21.5. The molecule has 0 heterocycles.